The van der Waals surface area contributed by atoms with Crippen molar-refractivity contribution in [2.45, 2.75) is 33.3 Å². The molecule has 0 spiro atoms. The second-order valence-electron chi connectivity index (χ2n) is 6.64. The quantitative estimate of drug-likeness (QED) is 0.836. The number of aryl methyl sites for hydroxylation is 3. The fourth-order valence-electron chi connectivity index (χ4n) is 3.77. The van der Waals surface area contributed by atoms with Crippen LogP contribution in [0, 0.1) is 32.6 Å². The van der Waals surface area contributed by atoms with E-state index in [4.69, 9.17) is 13.8 Å². The maximum Gasteiger partial charge on any atom is 0.259 e. The number of fused-ring (bicyclic) bond motifs is 1. The van der Waals surface area contributed by atoms with E-state index in [9.17, 15) is 4.79 Å². The third kappa shape index (κ3) is 2.50. The number of carbonyl (C=O) groups is 1. The Morgan fingerprint density at radius 3 is 2.71 bits per heavy atom. The second kappa shape index (κ2) is 5.70. The highest BCUT2D eigenvalue weighted by atomic mass is 16.5. The fraction of sp³-hybridized carbons (Fsp3) is 0.625. The van der Waals surface area contributed by atoms with Gasteiger partial charge in [-0.3, -0.25) is 4.79 Å². The van der Waals surface area contributed by atoms with Gasteiger partial charge in [0.25, 0.3) is 5.91 Å². The Kier molecular flexibility index (Phi) is 3.64. The van der Waals surface area contributed by atoms with Crippen molar-refractivity contribution in [3.8, 4) is 0 Å². The summed E-state index contributed by atoms with van der Waals surface area (Å²) in [6.07, 6.45) is 0.762. The average molecular weight is 332 g/mol. The van der Waals surface area contributed by atoms with Gasteiger partial charge in [0.15, 0.2) is 5.82 Å². The van der Waals surface area contributed by atoms with Gasteiger partial charge in [-0.2, -0.15) is 4.98 Å². The van der Waals surface area contributed by atoms with Gasteiger partial charge >= 0.3 is 0 Å². The highest BCUT2D eigenvalue weighted by Gasteiger charge is 2.46. The highest BCUT2D eigenvalue weighted by molar-refractivity contribution is 5.96. The molecule has 24 heavy (non-hydrogen) atoms. The number of ether oxygens (including phenoxy) is 1. The predicted molar refractivity (Wildman–Crippen MR) is 81.3 cm³/mol. The third-order valence-electron chi connectivity index (χ3n) is 4.98. The first-order chi connectivity index (χ1) is 11.5. The number of hydrogen-bond acceptors (Lipinski definition) is 7. The molecule has 0 N–H and O–H groups in total. The number of amides is 1. The molecule has 0 radical (unpaired) electrons. The molecule has 0 saturated carbocycles. The molecule has 0 bridgehead atoms. The minimum atomic E-state index is -0.0309. The molecule has 8 heteroatoms. The van der Waals surface area contributed by atoms with Gasteiger partial charge in [0.05, 0.1) is 18.4 Å². The lowest BCUT2D eigenvalue weighted by Crippen LogP contribution is -2.32. The third-order valence-corrected chi connectivity index (χ3v) is 4.98. The Labute approximate surface area is 139 Å². The number of aromatic nitrogens is 3. The van der Waals surface area contributed by atoms with E-state index in [1.165, 1.54) is 0 Å². The Morgan fingerprint density at radius 1 is 1.21 bits per heavy atom. The lowest BCUT2D eigenvalue weighted by molar-refractivity contribution is 0.0674. The van der Waals surface area contributed by atoms with Crippen LogP contribution in [-0.2, 0) is 11.2 Å². The zero-order valence-electron chi connectivity index (χ0n) is 14.0. The fourth-order valence-corrected chi connectivity index (χ4v) is 3.77. The van der Waals surface area contributed by atoms with Crippen LogP contribution in [0.1, 0.15) is 33.5 Å². The molecule has 2 fully saturated rings. The molecule has 8 nitrogen and oxygen atoms in total. The molecule has 2 aromatic heterocycles. The van der Waals surface area contributed by atoms with E-state index in [1.807, 2.05) is 4.90 Å². The molecular formula is C16H20N4O4. The molecule has 2 saturated heterocycles. The van der Waals surface area contributed by atoms with E-state index in [2.05, 4.69) is 15.3 Å². The summed E-state index contributed by atoms with van der Waals surface area (Å²) in [5.74, 6) is 2.39. The van der Waals surface area contributed by atoms with Crippen LogP contribution in [-0.4, -0.2) is 51.9 Å². The van der Waals surface area contributed by atoms with Crippen LogP contribution >= 0.6 is 0 Å². The molecule has 0 aliphatic carbocycles. The Bertz CT molecular complexity index is 748. The number of likely N-dealkylation sites (tertiary alicyclic amines) is 1. The van der Waals surface area contributed by atoms with Crippen molar-refractivity contribution in [2.24, 2.45) is 11.8 Å². The number of hydrogen-bond donors (Lipinski definition) is 0. The largest absolute Gasteiger partial charge is 0.376 e. The average Bonchev–Trinajstić information content (AvgIpc) is 3.27. The summed E-state index contributed by atoms with van der Waals surface area (Å²) in [7, 11) is 0. The van der Waals surface area contributed by atoms with E-state index in [0.717, 1.165) is 0 Å². The molecule has 2 aromatic rings. The summed E-state index contributed by atoms with van der Waals surface area (Å²) in [5.41, 5.74) is 1.20. The summed E-state index contributed by atoms with van der Waals surface area (Å²) in [6, 6.07) is 0. The molecule has 2 aliphatic rings. The van der Waals surface area contributed by atoms with Crippen molar-refractivity contribution in [3.05, 3.63) is 28.7 Å². The van der Waals surface area contributed by atoms with Gasteiger partial charge in [-0.25, -0.2) is 0 Å². The van der Waals surface area contributed by atoms with Crippen LogP contribution in [0.2, 0.25) is 0 Å². The van der Waals surface area contributed by atoms with Crippen molar-refractivity contribution < 1.29 is 18.6 Å². The molecule has 2 aliphatic heterocycles. The van der Waals surface area contributed by atoms with E-state index < -0.39 is 0 Å². The minimum absolute atomic E-state index is 0.0309. The molecule has 128 valence electrons. The second-order valence-corrected chi connectivity index (χ2v) is 6.64. The normalized spacial score (nSPS) is 26.1. The van der Waals surface area contributed by atoms with Crippen molar-refractivity contribution in [3.63, 3.8) is 0 Å². The Hall–Kier alpha value is -2.22. The molecule has 0 aromatic carbocycles. The summed E-state index contributed by atoms with van der Waals surface area (Å²) in [6.45, 7) is 7.31. The number of carbonyl (C=O) groups excluding carboxylic acids is 1. The maximum atomic E-state index is 12.8. The Morgan fingerprint density at radius 2 is 2.04 bits per heavy atom. The van der Waals surface area contributed by atoms with Crippen molar-refractivity contribution in [1.29, 1.82) is 0 Å². The van der Waals surface area contributed by atoms with Crippen LogP contribution in [0.4, 0.5) is 0 Å². The molecule has 1 amide bonds. The van der Waals surface area contributed by atoms with Gasteiger partial charge in [0.2, 0.25) is 5.89 Å². The minimum Gasteiger partial charge on any atom is -0.376 e. The Balaban J connectivity index is 1.47. The first-order valence-electron chi connectivity index (χ1n) is 8.16. The van der Waals surface area contributed by atoms with Gasteiger partial charge in [-0.15, -0.1) is 0 Å². The zero-order chi connectivity index (χ0) is 16.8. The van der Waals surface area contributed by atoms with Crippen molar-refractivity contribution in [2.75, 3.05) is 19.7 Å². The first-order valence-corrected chi connectivity index (χ1v) is 8.16. The summed E-state index contributed by atoms with van der Waals surface area (Å²) in [5, 5.41) is 7.70. The SMILES string of the molecule is Cc1noc(C[C@@H]2CO[C@H]3CN(C(=O)c4c(C)noc4C)C[C@@H]23)n1. The summed E-state index contributed by atoms with van der Waals surface area (Å²) < 4.78 is 16.2. The first kappa shape index (κ1) is 15.3. The zero-order valence-corrected chi connectivity index (χ0v) is 14.0. The monoisotopic (exact) mass is 332 g/mol. The van der Waals surface area contributed by atoms with Gasteiger partial charge in [-0.1, -0.05) is 10.3 Å². The lowest BCUT2D eigenvalue weighted by atomic mass is 9.90. The predicted octanol–water partition coefficient (Wildman–Crippen LogP) is 1.31. The molecule has 0 unspecified atom stereocenters. The highest BCUT2D eigenvalue weighted by Crippen LogP contribution is 2.36. The number of nitrogens with zero attached hydrogens (tertiary/aromatic N) is 4. The maximum absolute atomic E-state index is 12.8. The van der Waals surface area contributed by atoms with Crippen LogP contribution in [0.5, 0.6) is 0 Å². The molecular weight excluding hydrogens is 312 g/mol. The van der Waals surface area contributed by atoms with Gasteiger partial charge in [0, 0.05) is 25.4 Å². The van der Waals surface area contributed by atoms with Gasteiger partial charge in [-0.05, 0) is 26.7 Å². The molecule has 3 atom stereocenters. The molecule has 4 rings (SSSR count). The van der Waals surface area contributed by atoms with Crippen LogP contribution < -0.4 is 0 Å². The lowest BCUT2D eigenvalue weighted by Gasteiger charge is -2.19. The standard InChI is InChI=1S/C16H20N4O4/c1-8-15(9(2)23-18-8)16(21)20-5-12-11(7-22-13(12)6-20)4-14-17-10(3)19-24-14/h11-13H,4-7H2,1-3H3/t11-,12+,13+/m1/s1. The topological polar surface area (TPSA) is 94.5 Å². The smallest absolute Gasteiger partial charge is 0.259 e. The van der Waals surface area contributed by atoms with Crippen LogP contribution in [0.3, 0.4) is 0 Å². The van der Waals surface area contributed by atoms with E-state index in [1.54, 1.807) is 20.8 Å². The van der Waals surface area contributed by atoms with E-state index in [0.29, 0.717) is 60.8 Å². The summed E-state index contributed by atoms with van der Waals surface area (Å²) in [4.78, 5) is 18.9. The summed E-state index contributed by atoms with van der Waals surface area (Å²) >= 11 is 0. The van der Waals surface area contributed by atoms with E-state index >= 15 is 0 Å². The van der Waals surface area contributed by atoms with Crippen molar-refractivity contribution >= 4 is 5.91 Å². The van der Waals surface area contributed by atoms with Crippen LogP contribution in [0.15, 0.2) is 9.05 Å². The molecule has 4 heterocycles. The van der Waals surface area contributed by atoms with E-state index in [-0.39, 0.29) is 17.9 Å². The van der Waals surface area contributed by atoms with Gasteiger partial charge in [0.1, 0.15) is 11.3 Å². The van der Waals surface area contributed by atoms with Crippen LogP contribution in [0.25, 0.3) is 0 Å². The van der Waals surface area contributed by atoms with Crippen molar-refractivity contribution in [1.82, 2.24) is 20.2 Å². The van der Waals surface area contributed by atoms with Gasteiger partial charge < -0.3 is 18.7 Å². The number of rotatable bonds is 3.